The number of amides is 1. The number of para-hydroxylation sites is 1. The number of piperazine rings is 1. The highest BCUT2D eigenvalue weighted by atomic mass is 16.1. The highest BCUT2D eigenvalue weighted by Crippen LogP contribution is 2.22. The molecule has 0 aromatic heterocycles. The molecule has 4 rings (SSSR count). The normalized spacial score (nSPS) is 14.4. The number of carbonyl (C=O) groups is 1. The van der Waals surface area contributed by atoms with Crippen LogP contribution < -0.4 is 10.2 Å². The van der Waals surface area contributed by atoms with Crippen molar-refractivity contribution in [2.24, 2.45) is 0 Å². The van der Waals surface area contributed by atoms with Crippen molar-refractivity contribution in [1.82, 2.24) is 10.2 Å². The van der Waals surface area contributed by atoms with Crippen LogP contribution in [0.4, 0.5) is 5.69 Å². The van der Waals surface area contributed by atoms with Gasteiger partial charge in [-0.25, -0.2) is 0 Å². The maximum absolute atomic E-state index is 13.0. The van der Waals surface area contributed by atoms with E-state index in [0.29, 0.717) is 6.54 Å². The molecule has 0 unspecified atom stereocenters. The number of nitrogens with one attached hydrogen (secondary N) is 1. The van der Waals surface area contributed by atoms with Crippen molar-refractivity contribution in [3.63, 3.8) is 0 Å². The van der Waals surface area contributed by atoms with E-state index < -0.39 is 0 Å². The van der Waals surface area contributed by atoms with Crippen molar-refractivity contribution in [3.05, 3.63) is 101 Å². The van der Waals surface area contributed by atoms with E-state index in [4.69, 9.17) is 0 Å². The highest BCUT2D eigenvalue weighted by molar-refractivity contribution is 5.95. The molecule has 1 heterocycles. The third-order valence-electron chi connectivity index (χ3n) is 6.06. The Morgan fingerprint density at radius 2 is 1.42 bits per heavy atom. The predicted octanol–water partition coefficient (Wildman–Crippen LogP) is 4.15. The van der Waals surface area contributed by atoms with Crippen molar-refractivity contribution in [2.45, 2.75) is 19.4 Å². The Balaban J connectivity index is 1.42. The summed E-state index contributed by atoms with van der Waals surface area (Å²) in [5, 5.41) is 3.17. The fourth-order valence-electron chi connectivity index (χ4n) is 4.17. The van der Waals surface area contributed by atoms with Gasteiger partial charge in [0.2, 0.25) is 0 Å². The van der Waals surface area contributed by atoms with E-state index >= 15 is 0 Å². The molecule has 0 spiro atoms. The molecule has 1 amide bonds. The Labute approximate surface area is 185 Å². The summed E-state index contributed by atoms with van der Waals surface area (Å²) in [4.78, 5) is 17.8. The van der Waals surface area contributed by atoms with Gasteiger partial charge in [-0.2, -0.15) is 0 Å². The molecule has 0 saturated carbocycles. The number of aryl methyl sites for hydroxylation is 2. The molecule has 1 aliphatic rings. The first-order valence-electron chi connectivity index (χ1n) is 11.1. The van der Waals surface area contributed by atoms with Gasteiger partial charge >= 0.3 is 0 Å². The molecule has 1 fully saturated rings. The number of rotatable bonds is 7. The summed E-state index contributed by atoms with van der Waals surface area (Å²) in [5.41, 5.74) is 5.56. The van der Waals surface area contributed by atoms with Crippen molar-refractivity contribution in [1.29, 1.82) is 0 Å². The molecule has 0 radical (unpaired) electrons. The molecule has 4 nitrogen and oxygen atoms in total. The fraction of sp³-hybridized carbons (Fsp3) is 0.296. The zero-order chi connectivity index (χ0) is 21.5. The van der Waals surface area contributed by atoms with Crippen LogP contribution in [0, 0.1) is 0 Å². The summed E-state index contributed by atoms with van der Waals surface area (Å²) in [6.45, 7) is 4.70. The van der Waals surface area contributed by atoms with E-state index in [1.807, 2.05) is 24.3 Å². The van der Waals surface area contributed by atoms with E-state index in [0.717, 1.165) is 50.1 Å². The largest absolute Gasteiger partial charge is 0.369 e. The van der Waals surface area contributed by atoms with Gasteiger partial charge in [-0.05, 0) is 48.7 Å². The summed E-state index contributed by atoms with van der Waals surface area (Å²) in [6.07, 6.45) is 1.78. The number of likely N-dealkylation sites (N-methyl/N-ethyl adjacent to an activating group) is 1. The van der Waals surface area contributed by atoms with Crippen molar-refractivity contribution in [3.8, 4) is 0 Å². The average Bonchev–Trinajstić information content (AvgIpc) is 2.83. The molecule has 0 bridgehead atoms. The Kier molecular flexibility index (Phi) is 7.00. The van der Waals surface area contributed by atoms with E-state index in [-0.39, 0.29) is 5.91 Å². The van der Waals surface area contributed by atoms with Crippen molar-refractivity contribution < 1.29 is 4.79 Å². The molecule has 3 aromatic rings. The topological polar surface area (TPSA) is 35.6 Å². The zero-order valence-corrected chi connectivity index (χ0v) is 18.3. The minimum Gasteiger partial charge on any atom is -0.369 e. The van der Waals surface area contributed by atoms with Gasteiger partial charge in [-0.1, -0.05) is 66.7 Å². The Hall–Kier alpha value is -3.11. The van der Waals surface area contributed by atoms with Gasteiger partial charge in [0.1, 0.15) is 0 Å². The second kappa shape index (κ2) is 10.3. The van der Waals surface area contributed by atoms with Gasteiger partial charge < -0.3 is 15.1 Å². The maximum Gasteiger partial charge on any atom is 0.251 e. The lowest BCUT2D eigenvalue weighted by Gasteiger charge is -2.35. The van der Waals surface area contributed by atoms with Crippen LogP contribution in [0.5, 0.6) is 0 Å². The second-order valence-electron chi connectivity index (χ2n) is 8.24. The lowest BCUT2D eigenvalue weighted by atomic mass is 9.99. The van der Waals surface area contributed by atoms with Crippen LogP contribution >= 0.6 is 0 Å². The number of anilines is 1. The van der Waals surface area contributed by atoms with Gasteiger partial charge in [-0.3, -0.25) is 4.79 Å². The number of hydrogen-bond donors (Lipinski definition) is 1. The monoisotopic (exact) mass is 413 g/mol. The molecule has 1 aliphatic heterocycles. The molecule has 4 heteroatoms. The standard InChI is InChI=1S/C27H31N3O/c1-29-17-19-30(20-18-29)26-14-8-6-12-24(26)21-28-27(31)25-13-7-5-11-23(25)16-15-22-9-3-2-4-10-22/h2-14H,15-21H2,1H3,(H,28,31). The molecule has 31 heavy (non-hydrogen) atoms. The summed E-state index contributed by atoms with van der Waals surface area (Å²) >= 11 is 0. The van der Waals surface area contributed by atoms with E-state index in [9.17, 15) is 4.79 Å². The Bertz CT molecular complexity index is 994. The zero-order valence-electron chi connectivity index (χ0n) is 18.3. The lowest BCUT2D eigenvalue weighted by Crippen LogP contribution is -2.45. The van der Waals surface area contributed by atoms with Gasteiger partial charge in [0.15, 0.2) is 0 Å². The molecule has 0 atom stereocenters. The van der Waals surface area contributed by atoms with Crippen LogP contribution in [0.15, 0.2) is 78.9 Å². The number of benzene rings is 3. The highest BCUT2D eigenvalue weighted by Gasteiger charge is 2.17. The summed E-state index contributed by atoms with van der Waals surface area (Å²) < 4.78 is 0. The summed E-state index contributed by atoms with van der Waals surface area (Å²) in [7, 11) is 2.17. The summed E-state index contributed by atoms with van der Waals surface area (Å²) in [6, 6.07) is 26.8. The average molecular weight is 414 g/mol. The third kappa shape index (κ3) is 5.53. The molecule has 1 saturated heterocycles. The number of hydrogen-bond acceptors (Lipinski definition) is 3. The van der Waals surface area contributed by atoms with Gasteiger partial charge in [0.25, 0.3) is 5.91 Å². The molecule has 160 valence electrons. The van der Waals surface area contributed by atoms with Crippen LogP contribution in [0.3, 0.4) is 0 Å². The number of carbonyl (C=O) groups excluding carboxylic acids is 1. The third-order valence-corrected chi connectivity index (χ3v) is 6.06. The smallest absolute Gasteiger partial charge is 0.251 e. The van der Waals surface area contributed by atoms with E-state index in [2.05, 4.69) is 76.8 Å². The molecular formula is C27H31N3O. The second-order valence-corrected chi connectivity index (χ2v) is 8.24. The van der Waals surface area contributed by atoms with Crippen molar-refractivity contribution >= 4 is 11.6 Å². The minimum atomic E-state index is -0.00292. The molecule has 0 aliphatic carbocycles. The van der Waals surface area contributed by atoms with Crippen LogP contribution in [-0.2, 0) is 19.4 Å². The van der Waals surface area contributed by atoms with Gasteiger partial charge in [0, 0.05) is 44.0 Å². The Morgan fingerprint density at radius 3 is 2.19 bits per heavy atom. The fourth-order valence-corrected chi connectivity index (χ4v) is 4.17. The summed E-state index contributed by atoms with van der Waals surface area (Å²) in [5.74, 6) is -0.00292. The van der Waals surface area contributed by atoms with Crippen LogP contribution in [0.25, 0.3) is 0 Å². The quantitative estimate of drug-likeness (QED) is 0.632. The van der Waals surface area contributed by atoms with Crippen LogP contribution in [-0.4, -0.2) is 44.0 Å². The molecule has 1 N–H and O–H groups in total. The molecular weight excluding hydrogens is 382 g/mol. The minimum absolute atomic E-state index is 0.00292. The SMILES string of the molecule is CN1CCN(c2ccccc2CNC(=O)c2ccccc2CCc2ccccc2)CC1. The van der Waals surface area contributed by atoms with E-state index in [1.165, 1.54) is 16.8 Å². The van der Waals surface area contributed by atoms with E-state index in [1.54, 1.807) is 0 Å². The first-order valence-corrected chi connectivity index (χ1v) is 11.1. The van der Waals surface area contributed by atoms with Crippen LogP contribution in [0.2, 0.25) is 0 Å². The molecule has 3 aromatic carbocycles. The van der Waals surface area contributed by atoms with Gasteiger partial charge in [0.05, 0.1) is 0 Å². The first-order chi connectivity index (χ1) is 15.2. The van der Waals surface area contributed by atoms with Gasteiger partial charge in [-0.15, -0.1) is 0 Å². The Morgan fingerprint density at radius 1 is 0.774 bits per heavy atom. The number of nitrogens with zero attached hydrogens (tertiary/aromatic N) is 2. The van der Waals surface area contributed by atoms with Crippen LogP contribution in [0.1, 0.15) is 27.0 Å². The maximum atomic E-state index is 13.0. The van der Waals surface area contributed by atoms with Crippen molar-refractivity contribution in [2.75, 3.05) is 38.1 Å². The lowest BCUT2D eigenvalue weighted by molar-refractivity contribution is 0.0950. The predicted molar refractivity (Wildman–Crippen MR) is 128 cm³/mol. The first kappa shape index (κ1) is 21.1.